The molecule has 0 bridgehead atoms. The number of nitrogens with zero attached hydrogens (tertiary/aromatic N) is 1. The summed E-state index contributed by atoms with van der Waals surface area (Å²) in [4.78, 5) is 13.7. The second kappa shape index (κ2) is 5.82. The molecule has 2 atom stereocenters. The van der Waals surface area contributed by atoms with Crippen LogP contribution in [0.15, 0.2) is 0 Å². The molecule has 1 aliphatic heterocycles. The van der Waals surface area contributed by atoms with Crippen LogP contribution in [-0.2, 0) is 14.6 Å². The Hall–Kier alpha value is -0.620. The molecule has 0 aromatic rings. The molecule has 6 heteroatoms. The van der Waals surface area contributed by atoms with Crippen LogP contribution in [-0.4, -0.2) is 49.9 Å². The first-order valence-electron chi connectivity index (χ1n) is 6.04. The largest absolute Gasteiger partial charge is 0.338 e. The highest BCUT2D eigenvalue weighted by Crippen LogP contribution is 2.19. The number of likely N-dealkylation sites (tertiary alicyclic amines) is 1. The van der Waals surface area contributed by atoms with Gasteiger partial charge in [-0.25, -0.2) is 8.42 Å². The molecule has 0 aromatic heterocycles. The zero-order chi connectivity index (χ0) is 13.1. The van der Waals surface area contributed by atoms with Crippen molar-refractivity contribution in [2.45, 2.75) is 44.7 Å². The number of hydrogen-bond donors (Lipinski definition) is 1. The predicted octanol–water partition coefficient (Wildman–Crippen LogP) is 0.149. The molecule has 1 amide bonds. The Bertz CT molecular complexity index is 365. The van der Waals surface area contributed by atoms with Gasteiger partial charge < -0.3 is 10.6 Å². The van der Waals surface area contributed by atoms with Crippen molar-refractivity contribution in [1.82, 2.24) is 4.90 Å². The Balaban J connectivity index is 2.59. The third-order valence-electron chi connectivity index (χ3n) is 3.16. The smallest absolute Gasteiger partial charge is 0.223 e. The van der Waals surface area contributed by atoms with Crippen LogP contribution in [0.3, 0.4) is 0 Å². The van der Waals surface area contributed by atoms with Gasteiger partial charge in [0, 0.05) is 31.3 Å². The van der Waals surface area contributed by atoms with Crippen molar-refractivity contribution in [3.63, 3.8) is 0 Å². The molecular formula is C11H22N2O3S. The molecule has 0 aromatic carbocycles. The lowest BCUT2D eigenvalue weighted by atomic mass is 9.96. The van der Waals surface area contributed by atoms with Gasteiger partial charge in [-0.05, 0) is 26.2 Å². The van der Waals surface area contributed by atoms with Crippen molar-refractivity contribution in [2.24, 2.45) is 5.73 Å². The Kier molecular flexibility index (Phi) is 4.94. The summed E-state index contributed by atoms with van der Waals surface area (Å²) in [5.41, 5.74) is 5.87. The molecule has 1 saturated heterocycles. The Morgan fingerprint density at radius 1 is 1.47 bits per heavy atom. The summed E-state index contributed by atoms with van der Waals surface area (Å²) in [6, 6.07) is 0.00768. The highest BCUT2D eigenvalue weighted by molar-refractivity contribution is 7.90. The minimum absolute atomic E-state index is 0.0579. The standard InChI is InChI=1S/C11H22N2O3S/c1-9(12)10-5-3-4-7-13(10)11(14)6-8-17(2,15)16/h9-10H,3-8,12H2,1-2H3. The van der Waals surface area contributed by atoms with Gasteiger partial charge in [0.1, 0.15) is 9.84 Å². The van der Waals surface area contributed by atoms with E-state index in [1.54, 1.807) is 4.90 Å². The number of carbonyl (C=O) groups excluding carboxylic acids is 1. The van der Waals surface area contributed by atoms with Gasteiger partial charge in [0.25, 0.3) is 0 Å². The number of piperidine rings is 1. The molecule has 1 heterocycles. The summed E-state index contributed by atoms with van der Waals surface area (Å²) in [5, 5.41) is 0. The fourth-order valence-electron chi connectivity index (χ4n) is 2.23. The maximum atomic E-state index is 12.0. The molecule has 5 nitrogen and oxygen atoms in total. The van der Waals surface area contributed by atoms with E-state index >= 15 is 0 Å². The van der Waals surface area contributed by atoms with Crippen molar-refractivity contribution >= 4 is 15.7 Å². The van der Waals surface area contributed by atoms with Crippen LogP contribution in [0.1, 0.15) is 32.6 Å². The summed E-state index contributed by atoms with van der Waals surface area (Å²) in [5.74, 6) is -0.161. The van der Waals surface area contributed by atoms with E-state index in [4.69, 9.17) is 5.73 Å². The molecule has 2 N–H and O–H groups in total. The fourth-order valence-corrected chi connectivity index (χ4v) is 2.78. The normalized spacial score (nSPS) is 23.5. The van der Waals surface area contributed by atoms with Crippen LogP contribution in [0.25, 0.3) is 0 Å². The summed E-state index contributed by atoms with van der Waals surface area (Å²) in [7, 11) is -3.07. The Morgan fingerprint density at radius 3 is 2.65 bits per heavy atom. The average Bonchev–Trinajstić information content (AvgIpc) is 2.25. The molecular weight excluding hydrogens is 240 g/mol. The van der Waals surface area contributed by atoms with E-state index in [0.29, 0.717) is 6.54 Å². The lowest BCUT2D eigenvalue weighted by molar-refractivity contribution is -0.134. The second-order valence-electron chi connectivity index (χ2n) is 4.89. The van der Waals surface area contributed by atoms with Crippen molar-refractivity contribution in [3.05, 3.63) is 0 Å². The number of hydrogen-bond acceptors (Lipinski definition) is 4. The molecule has 1 rings (SSSR count). The van der Waals surface area contributed by atoms with Crippen molar-refractivity contribution in [1.29, 1.82) is 0 Å². The highest BCUT2D eigenvalue weighted by Gasteiger charge is 2.29. The first-order chi connectivity index (χ1) is 7.81. The molecule has 0 radical (unpaired) electrons. The number of nitrogens with two attached hydrogens (primary N) is 1. The van der Waals surface area contributed by atoms with Crippen molar-refractivity contribution in [2.75, 3.05) is 18.6 Å². The van der Waals surface area contributed by atoms with Crippen molar-refractivity contribution in [3.8, 4) is 0 Å². The fraction of sp³-hybridized carbons (Fsp3) is 0.909. The predicted molar refractivity (Wildman–Crippen MR) is 67.3 cm³/mol. The molecule has 17 heavy (non-hydrogen) atoms. The number of rotatable bonds is 4. The van der Waals surface area contributed by atoms with Gasteiger partial charge >= 0.3 is 0 Å². The van der Waals surface area contributed by atoms with Gasteiger partial charge in [-0.1, -0.05) is 0 Å². The SMILES string of the molecule is CC(N)C1CCCCN1C(=O)CCS(C)(=O)=O. The quantitative estimate of drug-likeness (QED) is 0.782. The lowest BCUT2D eigenvalue weighted by Crippen LogP contribution is -2.51. The van der Waals surface area contributed by atoms with Crippen LogP contribution >= 0.6 is 0 Å². The van der Waals surface area contributed by atoms with Gasteiger partial charge in [-0.15, -0.1) is 0 Å². The third kappa shape index (κ3) is 4.63. The van der Waals surface area contributed by atoms with Crippen LogP contribution in [0.4, 0.5) is 0 Å². The molecule has 1 fully saturated rings. The van der Waals surface area contributed by atoms with E-state index in [-0.39, 0.29) is 30.2 Å². The summed E-state index contributed by atoms with van der Waals surface area (Å²) in [6.07, 6.45) is 4.21. The minimum Gasteiger partial charge on any atom is -0.338 e. The van der Waals surface area contributed by atoms with Gasteiger partial charge in [0.05, 0.1) is 5.75 Å². The first-order valence-corrected chi connectivity index (χ1v) is 8.10. The summed E-state index contributed by atoms with van der Waals surface area (Å²) >= 11 is 0. The molecule has 0 spiro atoms. The monoisotopic (exact) mass is 262 g/mol. The molecule has 0 aliphatic carbocycles. The topological polar surface area (TPSA) is 80.5 Å². The maximum absolute atomic E-state index is 12.0. The van der Waals surface area contributed by atoms with E-state index in [1.807, 2.05) is 6.92 Å². The molecule has 0 saturated carbocycles. The zero-order valence-electron chi connectivity index (χ0n) is 10.6. The van der Waals surface area contributed by atoms with Gasteiger partial charge in [-0.3, -0.25) is 4.79 Å². The van der Waals surface area contributed by atoms with E-state index in [2.05, 4.69) is 0 Å². The van der Waals surface area contributed by atoms with Gasteiger partial charge in [0.2, 0.25) is 5.91 Å². The Morgan fingerprint density at radius 2 is 2.12 bits per heavy atom. The molecule has 1 aliphatic rings. The zero-order valence-corrected chi connectivity index (χ0v) is 11.4. The molecule has 2 unspecified atom stereocenters. The average molecular weight is 262 g/mol. The minimum atomic E-state index is -3.07. The maximum Gasteiger partial charge on any atom is 0.223 e. The van der Waals surface area contributed by atoms with E-state index < -0.39 is 9.84 Å². The van der Waals surface area contributed by atoms with Gasteiger partial charge in [-0.2, -0.15) is 0 Å². The highest BCUT2D eigenvalue weighted by atomic mass is 32.2. The van der Waals surface area contributed by atoms with Gasteiger partial charge in [0.15, 0.2) is 0 Å². The van der Waals surface area contributed by atoms with Crippen LogP contribution in [0, 0.1) is 0 Å². The Labute approximate surface area is 103 Å². The lowest BCUT2D eigenvalue weighted by Gasteiger charge is -2.38. The summed E-state index contributed by atoms with van der Waals surface area (Å²) < 4.78 is 22.1. The number of amides is 1. The van der Waals surface area contributed by atoms with Crippen LogP contribution in [0.5, 0.6) is 0 Å². The second-order valence-corrected chi connectivity index (χ2v) is 7.15. The van der Waals surface area contributed by atoms with E-state index in [9.17, 15) is 13.2 Å². The summed E-state index contributed by atoms with van der Waals surface area (Å²) in [6.45, 7) is 2.60. The van der Waals surface area contributed by atoms with Crippen LogP contribution < -0.4 is 5.73 Å². The van der Waals surface area contributed by atoms with Crippen molar-refractivity contribution < 1.29 is 13.2 Å². The molecule has 100 valence electrons. The van der Waals surface area contributed by atoms with Crippen LogP contribution in [0.2, 0.25) is 0 Å². The first kappa shape index (κ1) is 14.4. The van der Waals surface area contributed by atoms with E-state index in [0.717, 1.165) is 25.5 Å². The number of carbonyl (C=O) groups is 1. The number of sulfone groups is 1. The van der Waals surface area contributed by atoms with E-state index in [1.165, 1.54) is 0 Å². The third-order valence-corrected chi connectivity index (χ3v) is 4.11.